The van der Waals surface area contributed by atoms with Crippen molar-refractivity contribution in [3.05, 3.63) is 59.9 Å². The zero-order valence-corrected chi connectivity index (χ0v) is 18.3. The molecule has 29 heavy (non-hydrogen) atoms. The molecule has 3 rings (SSSR count). The standard InChI is InChI=1S/C24H32FNO2.ClH/c1-3-4-5-15-26-16-14-24(19-6-8-21(25)9-7-19)20(17-26)18-28-23-12-10-22(27-2)11-13-23;/h6-13,20,24H,3-5,14-18H2,1-2H3;1H. The third-order valence-electron chi connectivity index (χ3n) is 5.72. The van der Waals surface area contributed by atoms with Gasteiger partial charge in [0.1, 0.15) is 17.3 Å². The van der Waals surface area contributed by atoms with E-state index in [9.17, 15) is 4.39 Å². The van der Waals surface area contributed by atoms with Crippen LogP contribution in [-0.4, -0.2) is 38.3 Å². The van der Waals surface area contributed by atoms with Crippen molar-refractivity contribution in [2.75, 3.05) is 33.4 Å². The largest absolute Gasteiger partial charge is 0.497 e. The third-order valence-corrected chi connectivity index (χ3v) is 5.72. The Morgan fingerprint density at radius 2 is 1.69 bits per heavy atom. The first-order chi connectivity index (χ1) is 13.7. The van der Waals surface area contributed by atoms with Crippen LogP contribution in [0.15, 0.2) is 48.5 Å². The number of piperidine rings is 1. The topological polar surface area (TPSA) is 21.7 Å². The van der Waals surface area contributed by atoms with Gasteiger partial charge in [-0.05, 0) is 73.8 Å². The van der Waals surface area contributed by atoms with Gasteiger partial charge in [-0.15, -0.1) is 12.4 Å². The Morgan fingerprint density at radius 1 is 1.00 bits per heavy atom. The van der Waals surface area contributed by atoms with Crippen molar-refractivity contribution in [2.24, 2.45) is 5.92 Å². The highest BCUT2D eigenvalue weighted by atomic mass is 35.5. The average molecular weight is 422 g/mol. The van der Waals surface area contributed by atoms with Crippen molar-refractivity contribution < 1.29 is 13.9 Å². The molecule has 3 nitrogen and oxygen atoms in total. The molecule has 2 aromatic rings. The Labute approximate surface area is 180 Å². The minimum atomic E-state index is -0.174. The van der Waals surface area contributed by atoms with Gasteiger partial charge in [0, 0.05) is 12.5 Å². The lowest BCUT2D eigenvalue weighted by Gasteiger charge is -2.39. The molecule has 1 heterocycles. The summed E-state index contributed by atoms with van der Waals surface area (Å²) in [7, 11) is 1.66. The van der Waals surface area contributed by atoms with Crippen molar-refractivity contribution >= 4 is 12.4 Å². The van der Waals surface area contributed by atoms with Gasteiger partial charge in [0.25, 0.3) is 0 Å². The van der Waals surface area contributed by atoms with Crippen molar-refractivity contribution in [1.29, 1.82) is 0 Å². The summed E-state index contributed by atoms with van der Waals surface area (Å²) in [6.07, 6.45) is 4.87. The second kappa shape index (κ2) is 12.0. The van der Waals surface area contributed by atoms with Gasteiger partial charge in [0.05, 0.1) is 13.7 Å². The number of benzene rings is 2. The van der Waals surface area contributed by atoms with Crippen LogP contribution >= 0.6 is 12.4 Å². The number of likely N-dealkylation sites (tertiary alicyclic amines) is 1. The van der Waals surface area contributed by atoms with Crippen molar-refractivity contribution in [1.82, 2.24) is 4.90 Å². The van der Waals surface area contributed by atoms with Crippen LogP contribution in [-0.2, 0) is 0 Å². The molecule has 2 aromatic carbocycles. The zero-order chi connectivity index (χ0) is 19.8. The number of methoxy groups -OCH3 is 1. The second-order valence-corrected chi connectivity index (χ2v) is 7.70. The van der Waals surface area contributed by atoms with Crippen LogP contribution < -0.4 is 9.47 Å². The summed E-state index contributed by atoms with van der Waals surface area (Å²) >= 11 is 0. The van der Waals surface area contributed by atoms with Gasteiger partial charge in [-0.25, -0.2) is 4.39 Å². The summed E-state index contributed by atoms with van der Waals surface area (Å²) in [5, 5.41) is 0. The summed E-state index contributed by atoms with van der Waals surface area (Å²) in [5.41, 5.74) is 1.22. The molecule has 160 valence electrons. The molecule has 0 radical (unpaired) electrons. The first kappa shape index (κ1) is 23.5. The normalized spacial score (nSPS) is 19.4. The second-order valence-electron chi connectivity index (χ2n) is 7.70. The Morgan fingerprint density at radius 3 is 2.34 bits per heavy atom. The van der Waals surface area contributed by atoms with Crippen molar-refractivity contribution in [2.45, 2.75) is 38.5 Å². The van der Waals surface area contributed by atoms with E-state index in [1.54, 1.807) is 19.2 Å². The Bertz CT molecular complexity index is 708. The lowest BCUT2D eigenvalue weighted by molar-refractivity contribution is 0.109. The van der Waals surface area contributed by atoms with Crippen LogP contribution in [0.4, 0.5) is 4.39 Å². The minimum absolute atomic E-state index is 0. The molecule has 0 bridgehead atoms. The van der Waals surface area contributed by atoms with Crippen LogP contribution in [0.3, 0.4) is 0 Å². The molecule has 0 aliphatic carbocycles. The minimum Gasteiger partial charge on any atom is -0.497 e. The lowest BCUT2D eigenvalue weighted by Crippen LogP contribution is -2.42. The molecule has 2 unspecified atom stereocenters. The van der Waals surface area contributed by atoms with E-state index in [1.165, 1.54) is 24.8 Å². The number of unbranched alkanes of at least 4 members (excludes halogenated alkanes) is 2. The summed E-state index contributed by atoms with van der Waals surface area (Å²) < 4.78 is 24.7. The molecular weight excluding hydrogens is 389 g/mol. The first-order valence-corrected chi connectivity index (χ1v) is 10.4. The summed E-state index contributed by atoms with van der Waals surface area (Å²) in [6, 6.07) is 14.8. The molecular formula is C24H33ClFNO2. The van der Waals surface area contributed by atoms with E-state index >= 15 is 0 Å². The van der Waals surface area contributed by atoms with Crippen LogP contribution in [0, 0.1) is 11.7 Å². The van der Waals surface area contributed by atoms with E-state index in [4.69, 9.17) is 9.47 Å². The van der Waals surface area contributed by atoms with Gasteiger partial charge in [-0.1, -0.05) is 31.9 Å². The van der Waals surface area contributed by atoms with E-state index in [0.717, 1.165) is 37.6 Å². The maximum absolute atomic E-state index is 13.4. The maximum atomic E-state index is 13.4. The molecule has 0 amide bonds. The van der Waals surface area contributed by atoms with E-state index in [2.05, 4.69) is 11.8 Å². The molecule has 1 fully saturated rings. The fourth-order valence-corrected chi connectivity index (χ4v) is 4.09. The van der Waals surface area contributed by atoms with Crippen LogP contribution in [0.5, 0.6) is 11.5 Å². The number of nitrogens with zero attached hydrogens (tertiary/aromatic N) is 1. The summed E-state index contributed by atoms with van der Waals surface area (Å²) in [4.78, 5) is 2.57. The maximum Gasteiger partial charge on any atom is 0.123 e. The van der Waals surface area contributed by atoms with Gasteiger partial charge in [-0.3, -0.25) is 0 Å². The van der Waals surface area contributed by atoms with Crippen LogP contribution in [0.25, 0.3) is 0 Å². The molecule has 1 aliphatic heterocycles. The third kappa shape index (κ3) is 6.90. The Kier molecular flexibility index (Phi) is 9.75. The SMILES string of the molecule is CCCCCN1CCC(c2ccc(F)cc2)C(COc2ccc(OC)cc2)C1.Cl. The molecule has 0 aromatic heterocycles. The fourth-order valence-electron chi connectivity index (χ4n) is 4.09. The molecule has 0 spiro atoms. The predicted molar refractivity (Wildman–Crippen MR) is 119 cm³/mol. The summed E-state index contributed by atoms with van der Waals surface area (Å²) in [6.45, 7) is 6.20. The Balaban J connectivity index is 0.00000300. The zero-order valence-electron chi connectivity index (χ0n) is 17.5. The molecule has 2 atom stereocenters. The average Bonchev–Trinajstić information content (AvgIpc) is 2.74. The Hall–Kier alpha value is -1.78. The van der Waals surface area contributed by atoms with E-state index in [1.807, 2.05) is 36.4 Å². The first-order valence-electron chi connectivity index (χ1n) is 10.4. The van der Waals surface area contributed by atoms with Crippen LogP contribution in [0.1, 0.15) is 44.1 Å². The number of halogens is 2. The molecule has 0 N–H and O–H groups in total. The van der Waals surface area contributed by atoms with Crippen molar-refractivity contribution in [3.63, 3.8) is 0 Å². The molecule has 5 heteroatoms. The van der Waals surface area contributed by atoms with Gasteiger partial charge in [0.15, 0.2) is 0 Å². The number of hydrogen-bond donors (Lipinski definition) is 0. The highest BCUT2D eigenvalue weighted by molar-refractivity contribution is 5.85. The number of hydrogen-bond acceptors (Lipinski definition) is 3. The lowest BCUT2D eigenvalue weighted by atomic mass is 9.80. The summed E-state index contributed by atoms with van der Waals surface area (Å²) in [5.74, 6) is 2.31. The van der Waals surface area contributed by atoms with Gasteiger partial charge >= 0.3 is 0 Å². The van der Waals surface area contributed by atoms with Crippen molar-refractivity contribution in [3.8, 4) is 11.5 Å². The van der Waals surface area contributed by atoms with E-state index < -0.39 is 0 Å². The predicted octanol–water partition coefficient (Wildman–Crippen LogP) is 5.93. The number of rotatable bonds is 9. The van der Waals surface area contributed by atoms with E-state index in [-0.39, 0.29) is 18.2 Å². The fraction of sp³-hybridized carbons (Fsp3) is 0.500. The molecule has 1 saturated heterocycles. The molecule has 0 saturated carbocycles. The van der Waals surface area contributed by atoms with Gasteiger partial charge in [-0.2, -0.15) is 0 Å². The van der Waals surface area contributed by atoms with Gasteiger partial charge < -0.3 is 14.4 Å². The quantitative estimate of drug-likeness (QED) is 0.468. The monoisotopic (exact) mass is 421 g/mol. The number of ether oxygens (including phenoxy) is 2. The van der Waals surface area contributed by atoms with E-state index in [0.29, 0.717) is 18.4 Å². The highest BCUT2D eigenvalue weighted by Crippen LogP contribution is 2.34. The smallest absolute Gasteiger partial charge is 0.123 e. The van der Waals surface area contributed by atoms with Gasteiger partial charge in [0.2, 0.25) is 0 Å². The highest BCUT2D eigenvalue weighted by Gasteiger charge is 2.30. The molecule has 1 aliphatic rings. The van der Waals surface area contributed by atoms with Crippen LogP contribution in [0.2, 0.25) is 0 Å².